The van der Waals surface area contributed by atoms with Crippen molar-refractivity contribution < 1.29 is 13.6 Å². The first-order valence-electron chi connectivity index (χ1n) is 7.62. The molecule has 0 aliphatic heterocycles. The third-order valence-corrected chi connectivity index (χ3v) is 4.65. The quantitative estimate of drug-likeness (QED) is 0.384. The van der Waals surface area contributed by atoms with Gasteiger partial charge < -0.3 is 4.42 Å². The van der Waals surface area contributed by atoms with E-state index in [1.807, 2.05) is 17.5 Å². The molecule has 0 atom stereocenters. The second kappa shape index (κ2) is 6.14. The Morgan fingerprint density at radius 2 is 2.08 bits per heavy atom. The van der Waals surface area contributed by atoms with Crippen molar-refractivity contribution in [2.24, 2.45) is 0 Å². The molecule has 4 nitrogen and oxygen atoms in total. The lowest BCUT2D eigenvalue weighted by Gasteiger charge is -2.00. The molecule has 4 aromatic rings. The molecule has 0 aliphatic rings. The van der Waals surface area contributed by atoms with Gasteiger partial charge in [0.15, 0.2) is 10.7 Å². The Bertz CT molecular complexity index is 1070. The molecule has 25 heavy (non-hydrogen) atoms. The topological polar surface area (TPSA) is 47.5 Å². The Kier molecular flexibility index (Phi) is 3.82. The summed E-state index contributed by atoms with van der Waals surface area (Å²) in [5, 5.41) is 0. The number of carbonyl (C=O) groups excluding carboxylic acids is 1. The van der Waals surface area contributed by atoms with Crippen LogP contribution in [0.5, 0.6) is 0 Å². The molecule has 0 saturated carbocycles. The highest BCUT2D eigenvalue weighted by molar-refractivity contribution is 7.17. The largest absolute Gasteiger partial charge is 0.461 e. The molecule has 0 N–H and O–H groups in total. The van der Waals surface area contributed by atoms with Gasteiger partial charge in [-0.25, -0.2) is 9.37 Å². The third-order valence-electron chi connectivity index (χ3n) is 3.75. The monoisotopic (exact) mass is 352 g/mol. The number of hydrogen-bond acceptors (Lipinski definition) is 4. The fraction of sp³-hybridized carbons (Fsp3) is 0.0526. The van der Waals surface area contributed by atoms with Crippen LogP contribution >= 0.6 is 11.3 Å². The van der Waals surface area contributed by atoms with Gasteiger partial charge in [-0.15, -0.1) is 11.3 Å². The van der Waals surface area contributed by atoms with Crippen molar-refractivity contribution in [3.63, 3.8) is 0 Å². The number of nitrogens with zero attached hydrogens (tertiary/aromatic N) is 2. The first-order valence-corrected chi connectivity index (χ1v) is 8.44. The van der Waals surface area contributed by atoms with Gasteiger partial charge in [0.1, 0.15) is 5.82 Å². The van der Waals surface area contributed by atoms with E-state index in [0.717, 1.165) is 21.1 Å². The van der Waals surface area contributed by atoms with Crippen molar-refractivity contribution in [1.82, 2.24) is 9.38 Å². The molecule has 0 amide bonds. The zero-order valence-electron chi connectivity index (χ0n) is 13.3. The molecular weight excluding hydrogens is 339 g/mol. The number of halogens is 1. The zero-order valence-corrected chi connectivity index (χ0v) is 14.1. The van der Waals surface area contributed by atoms with Gasteiger partial charge in [-0.2, -0.15) is 0 Å². The van der Waals surface area contributed by atoms with Crippen molar-refractivity contribution >= 4 is 28.2 Å². The Hall–Kier alpha value is -2.99. The van der Waals surface area contributed by atoms with E-state index in [0.29, 0.717) is 5.69 Å². The maximum Gasteiger partial charge on any atom is 0.221 e. The molecular formula is C19H13FN2O2S. The summed E-state index contributed by atoms with van der Waals surface area (Å²) in [7, 11) is 0. The lowest BCUT2D eigenvalue weighted by atomic mass is 10.1. The summed E-state index contributed by atoms with van der Waals surface area (Å²) in [5.74, 6) is -0.246. The summed E-state index contributed by atoms with van der Waals surface area (Å²) in [6.45, 7) is 2.00. The number of thiazole rings is 1. The van der Waals surface area contributed by atoms with Crippen LogP contribution < -0.4 is 0 Å². The molecule has 0 radical (unpaired) electrons. The van der Waals surface area contributed by atoms with E-state index in [1.165, 1.54) is 24.5 Å². The summed E-state index contributed by atoms with van der Waals surface area (Å²) in [6, 6.07) is 9.45. The second-order valence-electron chi connectivity index (χ2n) is 5.52. The van der Waals surface area contributed by atoms with Gasteiger partial charge in [0.2, 0.25) is 5.78 Å². The average Bonchev–Trinajstić information content (AvgIpc) is 3.30. The Morgan fingerprint density at radius 3 is 2.80 bits per heavy atom. The standard InChI is InChI=1S/C19H13FN2O2S/c1-12-11-22-15(8-9-16(23)17-3-2-10-24-17)18(21-19(22)25-12)13-4-6-14(20)7-5-13/h2-11H,1H3/b9-8+. The van der Waals surface area contributed by atoms with Crippen LogP contribution in [0.3, 0.4) is 0 Å². The SMILES string of the molecule is Cc1cn2c(/C=C/C(=O)c3ccco3)c(-c3ccc(F)cc3)nc2s1. The number of furan rings is 1. The molecule has 3 aromatic heterocycles. The highest BCUT2D eigenvalue weighted by atomic mass is 32.1. The molecule has 0 aliphatic carbocycles. The van der Waals surface area contributed by atoms with Crippen LogP contribution in [0, 0.1) is 12.7 Å². The summed E-state index contributed by atoms with van der Waals surface area (Å²) in [5.41, 5.74) is 2.26. The predicted molar refractivity (Wildman–Crippen MR) is 95.3 cm³/mol. The first kappa shape index (κ1) is 15.5. The van der Waals surface area contributed by atoms with Gasteiger partial charge in [-0.05, 0) is 55.5 Å². The van der Waals surface area contributed by atoms with Crippen LogP contribution in [0.4, 0.5) is 4.39 Å². The third kappa shape index (κ3) is 2.92. The van der Waals surface area contributed by atoms with E-state index in [1.54, 1.807) is 41.7 Å². The fourth-order valence-corrected chi connectivity index (χ4v) is 3.44. The lowest BCUT2D eigenvalue weighted by Crippen LogP contribution is -1.92. The Balaban J connectivity index is 1.81. The summed E-state index contributed by atoms with van der Waals surface area (Å²) in [4.78, 5) is 18.8. The van der Waals surface area contributed by atoms with E-state index >= 15 is 0 Å². The van der Waals surface area contributed by atoms with Crippen LogP contribution in [-0.4, -0.2) is 15.2 Å². The molecule has 3 heterocycles. The van der Waals surface area contributed by atoms with Crippen LogP contribution in [0.1, 0.15) is 21.1 Å². The van der Waals surface area contributed by atoms with Gasteiger partial charge in [0, 0.05) is 16.6 Å². The predicted octanol–water partition coefficient (Wildman–Crippen LogP) is 5.00. The highest BCUT2D eigenvalue weighted by Gasteiger charge is 2.15. The maximum absolute atomic E-state index is 13.2. The molecule has 0 fully saturated rings. The van der Waals surface area contributed by atoms with Crippen LogP contribution in [0.15, 0.2) is 59.4 Å². The molecule has 0 saturated heterocycles. The number of carbonyl (C=O) groups is 1. The zero-order chi connectivity index (χ0) is 17.4. The lowest BCUT2D eigenvalue weighted by molar-refractivity contribution is 0.102. The summed E-state index contributed by atoms with van der Waals surface area (Å²) in [6.07, 6.45) is 6.61. The van der Waals surface area contributed by atoms with Crippen LogP contribution in [0.2, 0.25) is 0 Å². The van der Waals surface area contributed by atoms with E-state index in [2.05, 4.69) is 4.98 Å². The minimum Gasteiger partial charge on any atom is -0.461 e. The van der Waals surface area contributed by atoms with Gasteiger partial charge in [0.25, 0.3) is 0 Å². The minimum absolute atomic E-state index is 0.225. The number of fused-ring (bicyclic) bond motifs is 1. The number of hydrogen-bond donors (Lipinski definition) is 0. The first-order chi connectivity index (χ1) is 12.1. The highest BCUT2D eigenvalue weighted by Crippen LogP contribution is 2.29. The minimum atomic E-state index is -0.300. The number of imidazole rings is 1. The normalized spacial score (nSPS) is 11.6. The van der Waals surface area contributed by atoms with Crippen molar-refractivity contribution in [1.29, 1.82) is 0 Å². The number of aromatic nitrogens is 2. The van der Waals surface area contributed by atoms with Crippen molar-refractivity contribution in [2.75, 3.05) is 0 Å². The van der Waals surface area contributed by atoms with E-state index in [-0.39, 0.29) is 17.4 Å². The van der Waals surface area contributed by atoms with Crippen molar-refractivity contribution in [2.45, 2.75) is 6.92 Å². The molecule has 1 aromatic carbocycles. The average molecular weight is 352 g/mol. The molecule has 4 rings (SSSR count). The smallest absolute Gasteiger partial charge is 0.221 e. The van der Waals surface area contributed by atoms with Gasteiger partial charge in [-0.3, -0.25) is 9.20 Å². The second-order valence-corrected chi connectivity index (χ2v) is 6.74. The van der Waals surface area contributed by atoms with Gasteiger partial charge >= 0.3 is 0 Å². The summed E-state index contributed by atoms with van der Waals surface area (Å²) < 4.78 is 20.3. The van der Waals surface area contributed by atoms with Gasteiger partial charge in [0.05, 0.1) is 17.7 Å². The Morgan fingerprint density at radius 1 is 1.28 bits per heavy atom. The molecule has 0 spiro atoms. The van der Waals surface area contributed by atoms with E-state index in [4.69, 9.17) is 4.42 Å². The number of rotatable bonds is 4. The number of allylic oxidation sites excluding steroid dienone is 1. The number of ketones is 1. The number of aryl methyl sites for hydroxylation is 1. The van der Waals surface area contributed by atoms with E-state index < -0.39 is 0 Å². The fourth-order valence-electron chi connectivity index (χ4n) is 2.61. The molecule has 0 bridgehead atoms. The van der Waals surface area contributed by atoms with Crippen LogP contribution in [0.25, 0.3) is 22.3 Å². The molecule has 124 valence electrons. The maximum atomic E-state index is 13.2. The van der Waals surface area contributed by atoms with E-state index in [9.17, 15) is 9.18 Å². The van der Waals surface area contributed by atoms with Crippen LogP contribution in [-0.2, 0) is 0 Å². The molecule has 0 unspecified atom stereocenters. The van der Waals surface area contributed by atoms with Crippen molar-refractivity contribution in [3.05, 3.63) is 77.1 Å². The van der Waals surface area contributed by atoms with Crippen molar-refractivity contribution in [3.8, 4) is 11.3 Å². The number of benzene rings is 1. The Labute approximate surface area is 146 Å². The summed E-state index contributed by atoms with van der Waals surface area (Å²) >= 11 is 1.56. The van der Waals surface area contributed by atoms with Gasteiger partial charge in [-0.1, -0.05) is 0 Å². The molecule has 6 heteroatoms.